The lowest BCUT2D eigenvalue weighted by Crippen LogP contribution is -2.08. The van der Waals surface area contributed by atoms with E-state index >= 15 is 0 Å². The van der Waals surface area contributed by atoms with Crippen LogP contribution in [0.4, 0.5) is 0 Å². The minimum atomic E-state index is -1.27. The molecule has 0 spiro atoms. The monoisotopic (exact) mass is 309 g/mol. The molecule has 0 amide bonds. The molecular formula is C18H15NO4. The van der Waals surface area contributed by atoms with Crippen molar-refractivity contribution in [3.05, 3.63) is 83.6 Å². The van der Waals surface area contributed by atoms with Crippen LogP contribution in [0.15, 0.2) is 77.4 Å². The van der Waals surface area contributed by atoms with Gasteiger partial charge >= 0.3 is 11.9 Å². The summed E-state index contributed by atoms with van der Waals surface area (Å²) in [6.07, 6.45) is 0.693. The molecule has 0 aliphatic heterocycles. The number of benzene rings is 2. The van der Waals surface area contributed by atoms with E-state index in [2.05, 4.69) is 4.99 Å². The summed E-state index contributed by atoms with van der Waals surface area (Å²) in [5.41, 5.74) is 1.68. The molecule has 0 atom stereocenters. The van der Waals surface area contributed by atoms with Crippen molar-refractivity contribution in [3.63, 3.8) is 0 Å². The van der Waals surface area contributed by atoms with Crippen molar-refractivity contribution >= 4 is 17.7 Å². The van der Waals surface area contributed by atoms with Gasteiger partial charge < -0.3 is 10.2 Å². The van der Waals surface area contributed by atoms with Gasteiger partial charge in [0, 0.05) is 11.1 Å². The Labute approximate surface area is 133 Å². The van der Waals surface area contributed by atoms with Crippen molar-refractivity contribution in [1.29, 1.82) is 0 Å². The van der Waals surface area contributed by atoms with Crippen LogP contribution in [0.2, 0.25) is 0 Å². The van der Waals surface area contributed by atoms with Crippen molar-refractivity contribution in [2.24, 2.45) is 4.99 Å². The van der Waals surface area contributed by atoms with Crippen LogP contribution in [-0.2, 0) is 9.59 Å². The second-order valence-corrected chi connectivity index (χ2v) is 4.68. The van der Waals surface area contributed by atoms with Crippen molar-refractivity contribution < 1.29 is 19.8 Å². The molecule has 0 aromatic heterocycles. The summed E-state index contributed by atoms with van der Waals surface area (Å²) < 4.78 is 0. The summed E-state index contributed by atoms with van der Waals surface area (Å²) in [6.45, 7) is 0. The first-order chi connectivity index (χ1) is 11.1. The van der Waals surface area contributed by atoms with Crippen molar-refractivity contribution in [2.75, 3.05) is 0 Å². The lowest BCUT2D eigenvalue weighted by molar-refractivity contribution is -0.136. The fraction of sp³-hybridized carbons (Fsp3) is 0.0556. The number of nitrogens with zero attached hydrogens (tertiary/aromatic N) is 1. The molecule has 0 unspecified atom stereocenters. The second kappa shape index (κ2) is 7.70. The van der Waals surface area contributed by atoms with E-state index in [1.165, 1.54) is 0 Å². The number of carbonyl (C=O) groups is 2. The quantitative estimate of drug-likeness (QED) is 0.634. The van der Waals surface area contributed by atoms with Gasteiger partial charge in [0.1, 0.15) is 5.70 Å². The van der Waals surface area contributed by atoms with E-state index in [1.807, 2.05) is 60.7 Å². The molecule has 2 N–H and O–H groups in total. The van der Waals surface area contributed by atoms with E-state index < -0.39 is 18.4 Å². The van der Waals surface area contributed by atoms with Gasteiger partial charge in [-0.1, -0.05) is 60.7 Å². The standard InChI is InChI=1S/C18H15NO4/c20-16(21)12-11-15(18(22)23)19-17(13-7-3-1-4-8-13)14-9-5-2-6-10-14/h1-11H,12H2,(H,20,21)(H,22,23). The van der Waals surface area contributed by atoms with Crippen molar-refractivity contribution in [3.8, 4) is 0 Å². The van der Waals surface area contributed by atoms with Gasteiger partial charge in [0.25, 0.3) is 0 Å². The van der Waals surface area contributed by atoms with Gasteiger partial charge in [-0.15, -0.1) is 0 Å². The zero-order chi connectivity index (χ0) is 16.7. The van der Waals surface area contributed by atoms with E-state index in [0.29, 0.717) is 5.71 Å². The third-order valence-electron chi connectivity index (χ3n) is 3.02. The van der Waals surface area contributed by atoms with Gasteiger partial charge in [0.2, 0.25) is 0 Å². The topological polar surface area (TPSA) is 87.0 Å². The molecule has 0 bridgehead atoms. The highest BCUT2D eigenvalue weighted by atomic mass is 16.4. The van der Waals surface area contributed by atoms with Crippen LogP contribution in [0.3, 0.4) is 0 Å². The molecule has 2 rings (SSSR count). The summed E-state index contributed by atoms with van der Waals surface area (Å²) in [6, 6.07) is 18.3. The Morgan fingerprint density at radius 3 is 1.74 bits per heavy atom. The molecule has 0 saturated heterocycles. The van der Waals surface area contributed by atoms with Gasteiger partial charge in [0.15, 0.2) is 0 Å². The van der Waals surface area contributed by atoms with Gasteiger partial charge in [0.05, 0.1) is 12.1 Å². The van der Waals surface area contributed by atoms with Crippen LogP contribution in [0.1, 0.15) is 17.5 Å². The number of carboxylic acids is 2. The average Bonchev–Trinajstić information content (AvgIpc) is 2.56. The van der Waals surface area contributed by atoms with Crippen LogP contribution >= 0.6 is 0 Å². The minimum Gasteiger partial charge on any atom is -0.481 e. The number of hydrogen-bond acceptors (Lipinski definition) is 3. The summed E-state index contributed by atoms with van der Waals surface area (Å²) >= 11 is 0. The largest absolute Gasteiger partial charge is 0.481 e. The number of rotatable bonds is 6. The molecule has 2 aromatic rings. The van der Waals surface area contributed by atoms with Gasteiger partial charge in [-0.3, -0.25) is 4.79 Å². The fourth-order valence-electron chi connectivity index (χ4n) is 1.97. The van der Waals surface area contributed by atoms with Crippen molar-refractivity contribution in [1.82, 2.24) is 0 Å². The molecule has 23 heavy (non-hydrogen) atoms. The third-order valence-corrected chi connectivity index (χ3v) is 3.02. The highest BCUT2D eigenvalue weighted by Crippen LogP contribution is 2.14. The lowest BCUT2D eigenvalue weighted by atomic mass is 10.0. The molecule has 5 nitrogen and oxygen atoms in total. The number of aliphatic imine (C=N–C) groups is 1. The lowest BCUT2D eigenvalue weighted by Gasteiger charge is -2.08. The Bertz CT molecular complexity index is 708. The van der Waals surface area contributed by atoms with Crippen LogP contribution in [0.25, 0.3) is 0 Å². The van der Waals surface area contributed by atoms with E-state index in [-0.39, 0.29) is 5.70 Å². The molecule has 5 heteroatoms. The summed E-state index contributed by atoms with van der Waals surface area (Å²) in [5, 5.41) is 18.0. The molecule has 0 fully saturated rings. The molecule has 0 aliphatic rings. The third kappa shape index (κ3) is 4.64. The van der Waals surface area contributed by atoms with Crippen LogP contribution < -0.4 is 0 Å². The molecule has 0 radical (unpaired) electrons. The molecule has 0 heterocycles. The predicted octanol–water partition coefficient (Wildman–Crippen LogP) is 2.97. The SMILES string of the molecule is O=C(O)CC=C(N=C(c1ccccc1)c1ccccc1)C(=O)O. The molecule has 2 aromatic carbocycles. The molecule has 0 aliphatic carbocycles. The fourth-order valence-corrected chi connectivity index (χ4v) is 1.97. The Morgan fingerprint density at radius 1 is 0.870 bits per heavy atom. The van der Waals surface area contributed by atoms with E-state index in [9.17, 15) is 14.7 Å². The average molecular weight is 309 g/mol. The van der Waals surface area contributed by atoms with Crippen molar-refractivity contribution in [2.45, 2.75) is 6.42 Å². The number of carboxylic acid groups (broad SMARTS) is 2. The minimum absolute atomic E-state index is 0.296. The van der Waals surface area contributed by atoms with Crippen LogP contribution in [0, 0.1) is 0 Å². The summed E-state index contributed by atoms with van der Waals surface area (Å²) in [5.74, 6) is -2.38. The first kappa shape index (κ1) is 16.2. The first-order valence-electron chi connectivity index (χ1n) is 6.92. The summed E-state index contributed by atoms with van der Waals surface area (Å²) in [7, 11) is 0. The molecule has 0 saturated carbocycles. The highest BCUT2D eigenvalue weighted by Gasteiger charge is 2.12. The number of aliphatic carboxylic acids is 2. The smallest absolute Gasteiger partial charge is 0.354 e. The zero-order valence-electron chi connectivity index (χ0n) is 12.2. The first-order valence-corrected chi connectivity index (χ1v) is 6.92. The predicted molar refractivity (Wildman–Crippen MR) is 86.5 cm³/mol. The maximum atomic E-state index is 11.3. The Hall–Kier alpha value is -3.21. The Kier molecular flexibility index (Phi) is 5.41. The Balaban J connectivity index is 2.54. The zero-order valence-corrected chi connectivity index (χ0v) is 12.2. The molecular weight excluding hydrogens is 294 g/mol. The highest BCUT2D eigenvalue weighted by molar-refractivity contribution is 6.14. The maximum Gasteiger partial charge on any atom is 0.354 e. The summed E-state index contributed by atoms with van der Waals surface area (Å²) in [4.78, 5) is 26.2. The van der Waals surface area contributed by atoms with Crippen LogP contribution in [0.5, 0.6) is 0 Å². The van der Waals surface area contributed by atoms with Gasteiger partial charge in [-0.05, 0) is 6.08 Å². The number of hydrogen-bond donors (Lipinski definition) is 2. The van der Waals surface area contributed by atoms with Gasteiger partial charge in [-0.2, -0.15) is 0 Å². The van der Waals surface area contributed by atoms with Crippen LogP contribution in [-0.4, -0.2) is 27.9 Å². The second-order valence-electron chi connectivity index (χ2n) is 4.68. The molecule has 116 valence electrons. The van der Waals surface area contributed by atoms with E-state index in [0.717, 1.165) is 17.2 Å². The van der Waals surface area contributed by atoms with E-state index in [1.54, 1.807) is 0 Å². The Morgan fingerprint density at radius 2 is 1.35 bits per heavy atom. The maximum absolute atomic E-state index is 11.3. The van der Waals surface area contributed by atoms with E-state index in [4.69, 9.17) is 5.11 Å². The normalized spacial score (nSPS) is 10.9. The van der Waals surface area contributed by atoms with Gasteiger partial charge in [-0.25, -0.2) is 9.79 Å².